The summed E-state index contributed by atoms with van der Waals surface area (Å²) in [7, 11) is 0. The molecule has 1 aromatic carbocycles. The van der Waals surface area contributed by atoms with Crippen molar-refractivity contribution in [3.05, 3.63) is 29.8 Å². The summed E-state index contributed by atoms with van der Waals surface area (Å²) in [6.07, 6.45) is 3.86. The predicted octanol–water partition coefficient (Wildman–Crippen LogP) is 3.42. The minimum absolute atomic E-state index is 0.579. The first-order valence-electron chi connectivity index (χ1n) is 7.83. The molecule has 0 aromatic heterocycles. The molecule has 1 aromatic rings. The molecular weight excluding hydrogens is 248 g/mol. The highest BCUT2D eigenvalue weighted by Crippen LogP contribution is 2.12. The summed E-state index contributed by atoms with van der Waals surface area (Å²) in [5.41, 5.74) is 6.72. The van der Waals surface area contributed by atoms with Crippen LogP contribution in [0.4, 0.5) is 0 Å². The van der Waals surface area contributed by atoms with Crippen molar-refractivity contribution in [2.45, 2.75) is 52.6 Å². The standard InChI is InChI=1S/C17H30N2O/c1-4-5-6-11-19(15(2)3)12-13-20-17-9-7-16(14-18)8-10-17/h7-10,15H,4-6,11-14,18H2,1-3H3. The first-order chi connectivity index (χ1) is 9.67. The summed E-state index contributed by atoms with van der Waals surface area (Å²) in [6, 6.07) is 8.63. The molecule has 3 heteroatoms. The SMILES string of the molecule is CCCCCN(CCOc1ccc(CN)cc1)C(C)C. The Morgan fingerprint density at radius 3 is 2.35 bits per heavy atom. The van der Waals surface area contributed by atoms with Gasteiger partial charge in [0.15, 0.2) is 0 Å². The number of nitrogens with two attached hydrogens (primary N) is 1. The van der Waals surface area contributed by atoms with Crippen molar-refractivity contribution in [3.63, 3.8) is 0 Å². The highest BCUT2D eigenvalue weighted by atomic mass is 16.5. The molecular formula is C17H30N2O. The molecule has 0 unspecified atom stereocenters. The zero-order chi connectivity index (χ0) is 14.8. The lowest BCUT2D eigenvalue weighted by Crippen LogP contribution is -2.35. The quantitative estimate of drug-likeness (QED) is 0.666. The van der Waals surface area contributed by atoms with Crippen LogP contribution >= 0.6 is 0 Å². The molecule has 0 aliphatic heterocycles. The maximum absolute atomic E-state index is 5.81. The summed E-state index contributed by atoms with van der Waals surface area (Å²) in [5, 5.41) is 0. The van der Waals surface area contributed by atoms with Gasteiger partial charge in [-0.15, -0.1) is 0 Å². The van der Waals surface area contributed by atoms with E-state index in [4.69, 9.17) is 10.5 Å². The van der Waals surface area contributed by atoms with Crippen LogP contribution in [0, 0.1) is 0 Å². The number of unbranched alkanes of at least 4 members (excludes halogenated alkanes) is 2. The van der Waals surface area contributed by atoms with Gasteiger partial charge in [0.05, 0.1) is 0 Å². The second-order valence-electron chi connectivity index (χ2n) is 5.53. The average Bonchev–Trinajstić information content (AvgIpc) is 2.46. The van der Waals surface area contributed by atoms with Crippen molar-refractivity contribution in [2.75, 3.05) is 19.7 Å². The lowest BCUT2D eigenvalue weighted by atomic mass is 10.2. The second-order valence-corrected chi connectivity index (χ2v) is 5.53. The van der Waals surface area contributed by atoms with Gasteiger partial charge >= 0.3 is 0 Å². The summed E-state index contributed by atoms with van der Waals surface area (Å²) in [6.45, 7) is 10.2. The van der Waals surface area contributed by atoms with Gasteiger partial charge in [0, 0.05) is 19.1 Å². The molecule has 0 fully saturated rings. The van der Waals surface area contributed by atoms with Crippen LogP contribution in [0.1, 0.15) is 45.6 Å². The van der Waals surface area contributed by atoms with E-state index >= 15 is 0 Å². The smallest absolute Gasteiger partial charge is 0.119 e. The molecule has 0 saturated carbocycles. The van der Waals surface area contributed by atoms with E-state index in [1.807, 2.05) is 24.3 Å². The lowest BCUT2D eigenvalue weighted by molar-refractivity contribution is 0.173. The fourth-order valence-electron chi connectivity index (χ4n) is 2.20. The van der Waals surface area contributed by atoms with Gasteiger partial charge in [0.25, 0.3) is 0 Å². The first-order valence-corrected chi connectivity index (χ1v) is 7.83. The van der Waals surface area contributed by atoms with Gasteiger partial charge in [0.2, 0.25) is 0 Å². The monoisotopic (exact) mass is 278 g/mol. The van der Waals surface area contributed by atoms with Crippen LogP contribution in [0.15, 0.2) is 24.3 Å². The molecule has 0 aliphatic rings. The van der Waals surface area contributed by atoms with Crippen LogP contribution in [0.2, 0.25) is 0 Å². The maximum Gasteiger partial charge on any atom is 0.119 e. The fraction of sp³-hybridized carbons (Fsp3) is 0.647. The van der Waals surface area contributed by atoms with Crippen LogP contribution < -0.4 is 10.5 Å². The normalized spacial score (nSPS) is 11.3. The van der Waals surface area contributed by atoms with Crippen LogP contribution in [0.3, 0.4) is 0 Å². The second kappa shape index (κ2) is 9.78. The van der Waals surface area contributed by atoms with Crippen LogP contribution in [-0.2, 0) is 6.54 Å². The van der Waals surface area contributed by atoms with Crippen molar-refractivity contribution in [2.24, 2.45) is 5.73 Å². The molecule has 3 nitrogen and oxygen atoms in total. The van der Waals surface area contributed by atoms with E-state index < -0.39 is 0 Å². The van der Waals surface area contributed by atoms with Crippen LogP contribution in [-0.4, -0.2) is 30.6 Å². The average molecular weight is 278 g/mol. The van der Waals surface area contributed by atoms with E-state index in [2.05, 4.69) is 25.7 Å². The van der Waals surface area contributed by atoms with Gasteiger partial charge in [-0.2, -0.15) is 0 Å². The highest BCUT2D eigenvalue weighted by molar-refractivity contribution is 5.27. The zero-order valence-electron chi connectivity index (χ0n) is 13.3. The van der Waals surface area contributed by atoms with E-state index in [0.717, 1.165) is 24.5 Å². The number of hydrogen-bond acceptors (Lipinski definition) is 3. The molecule has 20 heavy (non-hydrogen) atoms. The van der Waals surface area contributed by atoms with Gasteiger partial charge in [0.1, 0.15) is 12.4 Å². The van der Waals surface area contributed by atoms with E-state index in [1.165, 1.54) is 25.8 Å². The van der Waals surface area contributed by atoms with Gasteiger partial charge in [-0.05, 0) is 44.5 Å². The molecule has 0 bridgehead atoms. The van der Waals surface area contributed by atoms with Gasteiger partial charge in [-0.3, -0.25) is 4.90 Å². The maximum atomic E-state index is 5.81. The number of rotatable bonds is 10. The van der Waals surface area contributed by atoms with Crippen molar-refractivity contribution in [1.29, 1.82) is 0 Å². The van der Waals surface area contributed by atoms with Crippen molar-refractivity contribution in [1.82, 2.24) is 4.90 Å². The Morgan fingerprint density at radius 1 is 1.10 bits per heavy atom. The molecule has 0 spiro atoms. The first kappa shape index (κ1) is 17.0. The third-order valence-electron chi connectivity index (χ3n) is 3.59. The predicted molar refractivity (Wildman–Crippen MR) is 86.1 cm³/mol. The van der Waals surface area contributed by atoms with Crippen LogP contribution in [0.5, 0.6) is 5.75 Å². The summed E-state index contributed by atoms with van der Waals surface area (Å²) in [5.74, 6) is 0.930. The Bertz CT molecular complexity index is 349. The Morgan fingerprint density at radius 2 is 1.80 bits per heavy atom. The zero-order valence-corrected chi connectivity index (χ0v) is 13.3. The summed E-state index contributed by atoms with van der Waals surface area (Å²) >= 11 is 0. The molecule has 0 amide bonds. The van der Waals surface area contributed by atoms with Crippen molar-refractivity contribution in [3.8, 4) is 5.75 Å². The van der Waals surface area contributed by atoms with Gasteiger partial charge < -0.3 is 10.5 Å². The fourth-order valence-corrected chi connectivity index (χ4v) is 2.20. The Kier molecular flexibility index (Phi) is 8.31. The Balaban J connectivity index is 2.31. The topological polar surface area (TPSA) is 38.5 Å². The molecule has 0 heterocycles. The molecule has 1 rings (SSSR count). The number of benzene rings is 1. The van der Waals surface area contributed by atoms with Gasteiger partial charge in [-0.25, -0.2) is 0 Å². The number of nitrogens with zero attached hydrogens (tertiary/aromatic N) is 1. The number of ether oxygens (including phenoxy) is 1. The largest absolute Gasteiger partial charge is 0.492 e. The van der Waals surface area contributed by atoms with Crippen LogP contribution in [0.25, 0.3) is 0 Å². The number of hydrogen-bond donors (Lipinski definition) is 1. The summed E-state index contributed by atoms with van der Waals surface area (Å²) < 4.78 is 5.81. The van der Waals surface area contributed by atoms with Crippen molar-refractivity contribution >= 4 is 0 Å². The minimum Gasteiger partial charge on any atom is -0.492 e. The molecule has 2 N–H and O–H groups in total. The third-order valence-corrected chi connectivity index (χ3v) is 3.59. The molecule has 114 valence electrons. The Hall–Kier alpha value is -1.06. The minimum atomic E-state index is 0.579. The van der Waals surface area contributed by atoms with Crippen molar-refractivity contribution < 1.29 is 4.74 Å². The molecule has 0 saturated heterocycles. The molecule has 0 aliphatic carbocycles. The van der Waals surface area contributed by atoms with E-state index in [1.54, 1.807) is 0 Å². The van der Waals surface area contributed by atoms with Gasteiger partial charge in [-0.1, -0.05) is 31.9 Å². The van der Waals surface area contributed by atoms with E-state index in [-0.39, 0.29) is 0 Å². The molecule has 0 atom stereocenters. The highest BCUT2D eigenvalue weighted by Gasteiger charge is 2.08. The van der Waals surface area contributed by atoms with E-state index in [9.17, 15) is 0 Å². The summed E-state index contributed by atoms with van der Waals surface area (Å²) in [4.78, 5) is 2.49. The van der Waals surface area contributed by atoms with E-state index in [0.29, 0.717) is 12.6 Å². The Labute approximate surface area is 124 Å². The third kappa shape index (κ3) is 6.40. The molecule has 0 radical (unpaired) electrons. The lowest BCUT2D eigenvalue weighted by Gasteiger charge is -2.26.